The number of hydrogen-bond acceptors (Lipinski definition) is 3. The van der Waals surface area contributed by atoms with Crippen LogP contribution in [0.4, 0.5) is 11.4 Å². The van der Waals surface area contributed by atoms with Gasteiger partial charge in [0.2, 0.25) is 0 Å². The van der Waals surface area contributed by atoms with Gasteiger partial charge in [0.15, 0.2) is 5.11 Å². The van der Waals surface area contributed by atoms with Crippen molar-refractivity contribution in [3.63, 3.8) is 0 Å². The lowest BCUT2D eigenvalue weighted by Crippen LogP contribution is -2.19. The van der Waals surface area contributed by atoms with Gasteiger partial charge in [-0.1, -0.05) is 18.2 Å². The average Bonchev–Trinajstić information content (AvgIpc) is 2.49. The molecular weight excluding hydrogens is 300 g/mol. The van der Waals surface area contributed by atoms with Gasteiger partial charge in [-0.2, -0.15) is 0 Å². The first-order valence-corrected chi connectivity index (χ1v) is 7.00. The Labute approximate surface area is 133 Å². The Bertz CT molecular complexity index is 671. The molecule has 114 valence electrons. The van der Waals surface area contributed by atoms with Gasteiger partial charge in [0, 0.05) is 17.4 Å². The molecule has 0 aliphatic carbocycles. The number of aliphatic carboxylic acids is 1. The fourth-order valence-electron chi connectivity index (χ4n) is 1.87. The average molecular weight is 316 g/mol. The number of rotatable bonds is 5. The van der Waals surface area contributed by atoms with E-state index in [1.807, 2.05) is 24.3 Å². The van der Waals surface area contributed by atoms with Gasteiger partial charge >= 0.3 is 5.97 Å². The molecule has 2 rings (SSSR count). The second-order valence-corrected chi connectivity index (χ2v) is 4.99. The van der Waals surface area contributed by atoms with Gasteiger partial charge in [0.25, 0.3) is 0 Å². The zero-order valence-electron chi connectivity index (χ0n) is 12.0. The van der Waals surface area contributed by atoms with E-state index in [1.54, 1.807) is 31.4 Å². The Morgan fingerprint density at radius 2 is 1.82 bits per heavy atom. The zero-order valence-corrected chi connectivity index (χ0v) is 12.8. The third kappa shape index (κ3) is 4.75. The summed E-state index contributed by atoms with van der Waals surface area (Å²) in [6, 6.07) is 14.5. The number of ether oxygens (including phenoxy) is 1. The molecule has 22 heavy (non-hydrogen) atoms. The highest BCUT2D eigenvalue weighted by Gasteiger charge is 2.02. The molecule has 0 aliphatic rings. The summed E-state index contributed by atoms with van der Waals surface area (Å²) in [5.74, 6) is -0.109. The minimum absolute atomic E-state index is 0.00673. The Hall–Kier alpha value is -2.60. The van der Waals surface area contributed by atoms with Crippen LogP contribution >= 0.6 is 12.2 Å². The zero-order chi connectivity index (χ0) is 15.9. The lowest BCUT2D eigenvalue weighted by Gasteiger charge is -2.11. The van der Waals surface area contributed by atoms with Crippen LogP contribution in [0.25, 0.3) is 0 Å². The van der Waals surface area contributed by atoms with Crippen LogP contribution in [0.1, 0.15) is 5.56 Å². The number of methoxy groups -OCH3 is 1. The van der Waals surface area contributed by atoms with Crippen molar-refractivity contribution in [2.24, 2.45) is 0 Å². The van der Waals surface area contributed by atoms with Gasteiger partial charge in [-0.05, 0) is 42.0 Å². The van der Waals surface area contributed by atoms with Crippen molar-refractivity contribution in [1.82, 2.24) is 0 Å². The maximum atomic E-state index is 10.6. The number of nitrogens with one attached hydrogen (secondary N) is 2. The minimum Gasteiger partial charge on any atom is -0.497 e. The van der Waals surface area contributed by atoms with E-state index in [1.165, 1.54) is 0 Å². The van der Waals surface area contributed by atoms with Gasteiger partial charge < -0.3 is 20.5 Å². The SMILES string of the molecule is COc1cccc(NC(=S)Nc2ccc(CC(=O)O)cc2)c1. The fourth-order valence-corrected chi connectivity index (χ4v) is 2.11. The lowest BCUT2D eigenvalue weighted by molar-refractivity contribution is -0.136. The highest BCUT2D eigenvalue weighted by Crippen LogP contribution is 2.17. The molecule has 0 atom stereocenters. The van der Waals surface area contributed by atoms with Crippen molar-refractivity contribution in [1.29, 1.82) is 0 Å². The Morgan fingerprint density at radius 1 is 1.14 bits per heavy atom. The Kier molecular flexibility index (Phi) is 5.32. The largest absolute Gasteiger partial charge is 0.497 e. The van der Waals surface area contributed by atoms with Crippen LogP contribution in [0, 0.1) is 0 Å². The highest BCUT2D eigenvalue weighted by molar-refractivity contribution is 7.80. The van der Waals surface area contributed by atoms with E-state index in [2.05, 4.69) is 10.6 Å². The van der Waals surface area contributed by atoms with Crippen molar-refractivity contribution >= 4 is 34.7 Å². The summed E-state index contributed by atoms with van der Waals surface area (Å²) in [7, 11) is 1.61. The molecule has 0 bridgehead atoms. The molecule has 0 unspecified atom stereocenters. The number of benzene rings is 2. The summed E-state index contributed by atoms with van der Waals surface area (Å²) >= 11 is 5.24. The van der Waals surface area contributed by atoms with Crippen LogP contribution in [0.2, 0.25) is 0 Å². The minimum atomic E-state index is -0.851. The molecule has 0 spiro atoms. The standard InChI is InChI=1S/C16H16N2O3S/c1-21-14-4-2-3-13(10-14)18-16(22)17-12-7-5-11(6-8-12)9-15(19)20/h2-8,10H,9H2,1H3,(H,19,20)(H2,17,18,22). The van der Waals surface area contributed by atoms with Gasteiger partial charge in [0.1, 0.15) is 5.75 Å². The van der Waals surface area contributed by atoms with Crippen LogP contribution in [-0.2, 0) is 11.2 Å². The molecule has 5 nitrogen and oxygen atoms in total. The van der Waals surface area contributed by atoms with E-state index in [4.69, 9.17) is 22.1 Å². The van der Waals surface area contributed by atoms with E-state index < -0.39 is 5.97 Å². The van der Waals surface area contributed by atoms with Crippen LogP contribution in [-0.4, -0.2) is 23.3 Å². The first-order valence-electron chi connectivity index (χ1n) is 6.59. The van der Waals surface area contributed by atoms with Gasteiger partial charge in [0.05, 0.1) is 13.5 Å². The molecule has 0 heterocycles. The highest BCUT2D eigenvalue weighted by atomic mass is 32.1. The number of carbonyl (C=O) groups is 1. The monoisotopic (exact) mass is 316 g/mol. The number of anilines is 2. The van der Waals surface area contributed by atoms with Crippen molar-refractivity contribution in [2.45, 2.75) is 6.42 Å². The molecule has 3 N–H and O–H groups in total. The predicted molar refractivity (Wildman–Crippen MR) is 90.6 cm³/mol. The summed E-state index contributed by atoms with van der Waals surface area (Å²) in [6.07, 6.45) is 0.00673. The lowest BCUT2D eigenvalue weighted by atomic mass is 10.1. The van der Waals surface area contributed by atoms with Crippen molar-refractivity contribution in [3.8, 4) is 5.75 Å². The fraction of sp³-hybridized carbons (Fsp3) is 0.125. The van der Waals surface area contributed by atoms with Crippen LogP contribution < -0.4 is 15.4 Å². The number of hydrogen-bond donors (Lipinski definition) is 3. The molecule has 0 saturated carbocycles. The van der Waals surface area contributed by atoms with Gasteiger partial charge in [-0.3, -0.25) is 4.79 Å². The van der Waals surface area contributed by atoms with E-state index in [9.17, 15) is 4.79 Å². The number of thiocarbonyl (C=S) groups is 1. The Balaban J connectivity index is 1.95. The maximum Gasteiger partial charge on any atom is 0.307 e. The first-order chi connectivity index (χ1) is 10.6. The second-order valence-electron chi connectivity index (χ2n) is 4.58. The smallest absolute Gasteiger partial charge is 0.307 e. The molecule has 0 fully saturated rings. The molecule has 2 aromatic rings. The first kappa shape index (κ1) is 15.8. The van der Waals surface area contributed by atoms with Gasteiger partial charge in [-0.15, -0.1) is 0 Å². The predicted octanol–water partition coefficient (Wildman–Crippen LogP) is 3.13. The third-order valence-corrected chi connectivity index (χ3v) is 3.10. The molecule has 0 aliphatic heterocycles. The van der Waals surface area contributed by atoms with E-state index in [-0.39, 0.29) is 6.42 Å². The van der Waals surface area contributed by atoms with Crippen LogP contribution in [0.5, 0.6) is 5.75 Å². The molecule has 0 saturated heterocycles. The van der Waals surface area contributed by atoms with E-state index in [0.717, 1.165) is 22.7 Å². The van der Waals surface area contributed by atoms with Gasteiger partial charge in [-0.25, -0.2) is 0 Å². The normalized spacial score (nSPS) is 9.86. The van der Waals surface area contributed by atoms with E-state index >= 15 is 0 Å². The summed E-state index contributed by atoms with van der Waals surface area (Å²) in [6.45, 7) is 0. The van der Waals surface area contributed by atoms with E-state index in [0.29, 0.717) is 5.11 Å². The van der Waals surface area contributed by atoms with Crippen molar-refractivity contribution < 1.29 is 14.6 Å². The number of carboxylic acids is 1. The molecule has 2 aromatic carbocycles. The second kappa shape index (κ2) is 7.42. The summed E-state index contributed by atoms with van der Waals surface area (Å²) < 4.78 is 5.15. The van der Waals surface area contributed by atoms with Crippen LogP contribution in [0.15, 0.2) is 48.5 Å². The van der Waals surface area contributed by atoms with Crippen LogP contribution in [0.3, 0.4) is 0 Å². The number of carboxylic acid groups (broad SMARTS) is 1. The summed E-state index contributed by atoms with van der Waals surface area (Å²) in [4.78, 5) is 10.6. The molecule has 0 radical (unpaired) electrons. The molecular formula is C16H16N2O3S. The summed E-state index contributed by atoms with van der Waals surface area (Å²) in [5, 5.41) is 15.3. The maximum absolute atomic E-state index is 10.6. The van der Waals surface area contributed by atoms with Crippen molar-refractivity contribution in [2.75, 3.05) is 17.7 Å². The molecule has 6 heteroatoms. The quantitative estimate of drug-likeness (QED) is 0.736. The third-order valence-electron chi connectivity index (χ3n) is 2.89. The topological polar surface area (TPSA) is 70.6 Å². The molecule has 0 aromatic heterocycles. The molecule has 0 amide bonds. The summed E-state index contributed by atoms with van der Waals surface area (Å²) in [5.41, 5.74) is 2.35. The Morgan fingerprint density at radius 3 is 2.45 bits per heavy atom. The van der Waals surface area contributed by atoms with Crippen molar-refractivity contribution in [3.05, 3.63) is 54.1 Å².